The lowest BCUT2D eigenvalue weighted by Crippen LogP contribution is -2.12. The van der Waals surface area contributed by atoms with Gasteiger partial charge < -0.3 is 4.74 Å². The second-order valence-electron chi connectivity index (χ2n) is 6.45. The lowest BCUT2D eigenvalue weighted by Gasteiger charge is -2.13. The number of rotatable bonds is 6. The third-order valence-electron chi connectivity index (χ3n) is 4.32. The molecule has 0 bridgehead atoms. The molecule has 0 spiro atoms. The number of nitrogens with zero attached hydrogens (tertiary/aromatic N) is 3. The van der Waals surface area contributed by atoms with Crippen molar-refractivity contribution in [2.75, 3.05) is 4.72 Å². The quantitative estimate of drug-likeness (QED) is 0.497. The van der Waals surface area contributed by atoms with Gasteiger partial charge in [0.05, 0.1) is 16.2 Å². The van der Waals surface area contributed by atoms with E-state index in [2.05, 4.69) is 19.7 Å². The van der Waals surface area contributed by atoms with Crippen LogP contribution in [0.25, 0.3) is 11.3 Å². The molecule has 4 aromatic rings. The van der Waals surface area contributed by atoms with Gasteiger partial charge in [0.25, 0.3) is 10.0 Å². The lowest BCUT2D eigenvalue weighted by molar-refractivity contribution is 0.461. The second kappa shape index (κ2) is 8.30. The van der Waals surface area contributed by atoms with E-state index in [9.17, 15) is 8.42 Å². The molecule has 0 aliphatic heterocycles. The van der Waals surface area contributed by atoms with E-state index in [1.807, 2.05) is 13.0 Å². The summed E-state index contributed by atoms with van der Waals surface area (Å²) in [7, 11) is -3.66. The average Bonchev–Trinajstić information content (AvgIpc) is 2.77. The van der Waals surface area contributed by atoms with Gasteiger partial charge in [-0.15, -0.1) is 0 Å². The molecule has 0 amide bonds. The van der Waals surface area contributed by atoms with Crippen molar-refractivity contribution in [3.05, 3.63) is 91.0 Å². The van der Waals surface area contributed by atoms with Crippen LogP contribution in [0.2, 0.25) is 0 Å². The summed E-state index contributed by atoms with van der Waals surface area (Å²) in [4.78, 5) is 12.7. The van der Waals surface area contributed by atoms with Gasteiger partial charge in [-0.1, -0.05) is 18.2 Å². The molecule has 8 heteroatoms. The van der Waals surface area contributed by atoms with Gasteiger partial charge in [-0.25, -0.2) is 23.4 Å². The molecule has 30 heavy (non-hydrogen) atoms. The monoisotopic (exact) mass is 418 g/mol. The maximum Gasteiger partial charge on any atom is 0.261 e. The summed E-state index contributed by atoms with van der Waals surface area (Å²) in [5.74, 6) is 0.962. The molecule has 0 fully saturated rings. The number of nitrogens with one attached hydrogen (secondary N) is 1. The fourth-order valence-electron chi connectivity index (χ4n) is 2.86. The molecule has 0 atom stereocenters. The van der Waals surface area contributed by atoms with Crippen LogP contribution in [0.15, 0.2) is 90.3 Å². The van der Waals surface area contributed by atoms with Crippen LogP contribution in [0.3, 0.4) is 0 Å². The van der Waals surface area contributed by atoms with Crippen LogP contribution in [0.4, 0.5) is 5.69 Å². The molecule has 7 nitrogen and oxygen atoms in total. The highest BCUT2D eigenvalue weighted by atomic mass is 32.2. The number of pyridine rings is 1. The second-order valence-corrected chi connectivity index (χ2v) is 8.13. The first-order chi connectivity index (χ1) is 14.5. The predicted molar refractivity (Wildman–Crippen MR) is 114 cm³/mol. The van der Waals surface area contributed by atoms with Gasteiger partial charge in [-0.05, 0) is 61.0 Å². The maximum absolute atomic E-state index is 12.5. The molecule has 0 saturated carbocycles. The minimum absolute atomic E-state index is 0.200. The van der Waals surface area contributed by atoms with Crippen molar-refractivity contribution in [1.29, 1.82) is 0 Å². The number of hydrogen-bond donors (Lipinski definition) is 1. The van der Waals surface area contributed by atoms with Crippen molar-refractivity contribution < 1.29 is 13.2 Å². The van der Waals surface area contributed by atoms with Gasteiger partial charge >= 0.3 is 0 Å². The van der Waals surface area contributed by atoms with Gasteiger partial charge in [0.2, 0.25) is 5.88 Å². The van der Waals surface area contributed by atoms with E-state index in [4.69, 9.17) is 4.74 Å². The van der Waals surface area contributed by atoms with E-state index < -0.39 is 10.0 Å². The van der Waals surface area contributed by atoms with Crippen LogP contribution in [0, 0.1) is 6.92 Å². The van der Waals surface area contributed by atoms with Crippen LogP contribution < -0.4 is 9.46 Å². The Morgan fingerprint density at radius 1 is 0.900 bits per heavy atom. The normalized spacial score (nSPS) is 11.1. The summed E-state index contributed by atoms with van der Waals surface area (Å²) in [5.41, 5.74) is 2.62. The van der Waals surface area contributed by atoms with Crippen molar-refractivity contribution in [1.82, 2.24) is 15.0 Å². The van der Waals surface area contributed by atoms with Gasteiger partial charge in [0.1, 0.15) is 12.1 Å². The Balaban J connectivity index is 1.58. The lowest BCUT2D eigenvalue weighted by atomic mass is 10.2. The first kappa shape index (κ1) is 19.5. The molecule has 2 heterocycles. The Morgan fingerprint density at radius 3 is 2.47 bits per heavy atom. The topological polar surface area (TPSA) is 94.1 Å². The molecule has 1 N–H and O–H groups in total. The molecule has 4 rings (SSSR count). The molecule has 0 saturated heterocycles. The van der Waals surface area contributed by atoms with Crippen molar-refractivity contribution in [3.8, 4) is 22.9 Å². The third-order valence-corrected chi connectivity index (χ3v) is 5.71. The third kappa shape index (κ3) is 4.28. The fourth-order valence-corrected chi connectivity index (χ4v) is 3.93. The van der Waals surface area contributed by atoms with Crippen molar-refractivity contribution in [2.24, 2.45) is 0 Å². The standard InChI is InChI=1S/C22H18N4O3S/c1-16-14-17(26-30(27,28)18-6-3-2-4-7-18)9-10-21(16)29-22-19(8-5-12-24-22)20-11-13-23-15-25-20/h2-15,26H,1H3. The highest BCUT2D eigenvalue weighted by Crippen LogP contribution is 2.32. The van der Waals surface area contributed by atoms with Gasteiger partial charge in [-0.3, -0.25) is 4.72 Å². The van der Waals surface area contributed by atoms with E-state index in [0.717, 1.165) is 11.1 Å². The minimum Gasteiger partial charge on any atom is -0.438 e. The van der Waals surface area contributed by atoms with E-state index in [1.54, 1.807) is 73.1 Å². The van der Waals surface area contributed by atoms with Gasteiger partial charge in [0, 0.05) is 18.1 Å². The zero-order chi connectivity index (χ0) is 21.0. The van der Waals surface area contributed by atoms with Crippen molar-refractivity contribution in [2.45, 2.75) is 11.8 Å². The zero-order valence-electron chi connectivity index (χ0n) is 16.1. The first-order valence-corrected chi connectivity index (χ1v) is 10.6. The summed E-state index contributed by atoms with van der Waals surface area (Å²) in [6, 6.07) is 18.7. The number of aromatic nitrogens is 3. The first-order valence-electron chi connectivity index (χ1n) is 9.11. The Morgan fingerprint density at radius 2 is 1.73 bits per heavy atom. The fraction of sp³-hybridized carbons (Fsp3) is 0.0455. The van der Waals surface area contributed by atoms with Gasteiger partial charge in [-0.2, -0.15) is 0 Å². The molecule has 0 unspecified atom stereocenters. The number of sulfonamides is 1. The summed E-state index contributed by atoms with van der Waals surface area (Å²) in [6.45, 7) is 1.84. The minimum atomic E-state index is -3.66. The zero-order valence-corrected chi connectivity index (χ0v) is 16.9. The van der Waals surface area contributed by atoms with Crippen LogP contribution in [-0.2, 0) is 10.0 Å². The predicted octanol–water partition coefficient (Wildman–Crippen LogP) is 4.44. The van der Waals surface area contributed by atoms with Crippen molar-refractivity contribution >= 4 is 15.7 Å². The number of anilines is 1. The smallest absolute Gasteiger partial charge is 0.261 e. The molecule has 150 valence electrons. The number of aryl methyl sites for hydroxylation is 1. The van der Waals surface area contributed by atoms with E-state index in [1.165, 1.54) is 6.33 Å². The Bertz CT molecular complexity index is 1260. The van der Waals surface area contributed by atoms with Gasteiger partial charge in [0.15, 0.2) is 0 Å². The Kier molecular flexibility index (Phi) is 5.40. The highest BCUT2D eigenvalue weighted by molar-refractivity contribution is 7.92. The summed E-state index contributed by atoms with van der Waals surface area (Å²) in [5, 5.41) is 0. The molecule has 2 aromatic carbocycles. The SMILES string of the molecule is Cc1cc(NS(=O)(=O)c2ccccc2)ccc1Oc1ncccc1-c1ccncn1. The number of hydrogen-bond acceptors (Lipinski definition) is 6. The molecule has 0 radical (unpaired) electrons. The van der Waals surface area contributed by atoms with Crippen LogP contribution in [0.1, 0.15) is 5.56 Å². The van der Waals surface area contributed by atoms with E-state index in [0.29, 0.717) is 23.0 Å². The summed E-state index contributed by atoms with van der Waals surface area (Å²) >= 11 is 0. The van der Waals surface area contributed by atoms with Crippen molar-refractivity contribution in [3.63, 3.8) is 0 Å². The molecular weight excluding hydrogens is 400 g/mol. The largest absolute Gasteiger partial charge is 0.438 e. The summed E-state index contributed by atoms with van der Waals surface area (Å²) < 4.78 is 33.7. The Hall–Kier alpha value is -3.78. The average molecular weight is 418 g/mol. The highest BCUT2D eigenvalue weighted by Gasteiger charge is 2.15. The van der Waals surface area contributed by atoms with Crippen LogP contribution in [0.5, 0.6) is 11.6 Å². The summed E-state index contributed by atoms with van der Waals surface area (Å²) in [6.07, 6.45) is 4.75. The maximum atomic E-state index is 12.5. The molecule has 0 aliphatic carbocycles. The number of benzene rings is 2. The molecule has 0 aliphatic rings. The van der Waals surface area contributed by atoms with E-state index >= 15 is 0 Å². The molecule has 2 aromatic heterocycles. The van der Waals surface area contributed by atoms with Crippen LogP contribution >= 0.6 is 0 Å². The van der Waals surface area contributed by atoms with Crippen LogP contribution in [-0.4, -0.2) is 23.4 Å². The Labute approximate surface area is 174 Å². The molecular formula is C22H18N4O3S. The van der Waals surface area contributed by atoms with E-state index in [-0.39, 0.29) is 4.90 Å². The number of ether oxygens (including phenoxy) is 1.